The number of thiazole rings is 2. The van der Waals surface area contributed by atoms with Crippen molar-refractivity contribution in [3.63, 3.8) is 0 Å². The minimum atomic E-state index is 0.536. The highest BCUT2D eigenvalue weighted by atomic mass is 32.1. The van der Waals surface area contributed by atoms with Crippen LogP contribution in [-0.4, -0.2) is 39.1 Å². The summed E-state index contributed by atoms with van der Waals surface area (Å²) in [5, 5.41) is 8.81. The van der Waals surface area contributed by atoms with E-state index >= 15 is 0 Å². The number of hydrogen-bond acceptors (Lipinski definition) is 9. The number of aldehydes is 1. The Labute approximate surface area is 189 Å². The number of nitrogens with two attached hydrogens (primary N) is 2. The average molecular weight is 458 g/mol. The van der Waals surface area contributed by atoms with Gasteiger partial charge in [0.15, 0.2) is 11.9 Å². The predicted molar refractivity (Wildman–Crippen MR) is 130 cm³/mol. The van der Waals surface area contributed by atoms with Crippen molar-refractivity contribution in [1.29, 1.82) is 0 Å². The molecule has 0 aliphatic carbocycles. The second-order valence-corrected chi connectivity index (χ2v) is 9.38. The molecule has 0 unspecified atom stereocenters. The normalized spacial score (nSPS) is 12.9. The Bertz CT molecular complexity index is 1170. The maximum absolute atomic E-state index is 11.8. The SMILES string of the molecule is CC/C(C)=C(\C=C/N)Cc1nc2c(s1)c(/C=N\N(C)Cc1ncc(N)s1)c(C=O)n2C. The lowest BCUT2D eigenvalue weighted by Crippen LogP contribution is -2.10. The Balaban J connectivity index is 1.92. The first-order valence-corrected chi connectivity index (χ1v) is 11.5. The number of nitrogen functional groups attached to an aromatic ring is 1. The number of hydrazone groups is 1. The summed E-state index contributed by atoms with van der Waals surface area (Å²) in [6.45, 7) is 4.77. The van der Waals surface area contributed by atoms with Gasteiger partial charge in [0.1, 0.15) is 15.0 Å². The Morgan fingerprint density at radius 3 is 2.74 bits per heavy atom. The van der Waals surface area contributed by atoms with E-state index in [1.54, 1.807) is 35.0 Å². The summed E-state index contributed by atoms with van der Waals surface area (Å²) in [6.07, 6.45) is 9.37. The first kappa shape index (κ1) is 22.7. The summed E-state index contributed by atoms with van der Waals surface area (Å²) < 4.78 is 2.76. The smallest absolute Gasteiger partial charge is 0.167 e. The Morgan fingerprint density at radius 2 is 2.13 bits per heavy atom. The van der Waals surface area contributed by atoms with E-state index in [0.29, 0.717) is 23.7 Å². The van der Waals surface area contributed by atoms with Crippen molar-refractivity contribution >= 4 is 50.5 Å². The summed E-state index contributed by atoms with van der Waals surface area (Å²) in [5.74, 6) is 0. The second kappa shape index (κ2) is 9.88. The zero-order valence-corrected chi connectivity index (χ0v) is 19.8. The zero-order valence-electron chi connectivity index (χ0n) is 18.1. The molecular weight excluding hydrogens is 430 g/mol. The fourth-order valence-corrected chi connectivity index (χ4v) is 5.03. The minimum absolute atomic E-state index is 0.536. The number of fused-ring (bicyclic) bond motifs is 1. The van der Waals surface area contributed by atoms with Gasteiger partial charge in [0.25, 0.3) is 0 Å². The van der Waals surface area contributed by atoms with Gasteiger partial charge in [-0.05, 0) is 31.2 Å². The Kier molecular flexibility index (Phi) is 7.24. The molecule has 3 rings (SSSR count). The number of carbonyl (C=O) groups excluding carboxylic acids is 1. The van der Waals surface area contributed by atoms with Crippen LogP contribution in [0.3, 0.4) is 0 Å². The number of anilines is 1. The fourth-order valence-electron chi connectivity index (χ4n) is 3.16. The lowest BCUT2D eigenvalue weighted by atomic mass is 10.0. The van der Waals surface area contributed by atoms with Gasteiger partial charge in [0.05, 0.1) is 29.4 Å². The van der Waals surface area contributed by atoms with Crippen molar-refractivity contribution in [3.8, 4) is 0 Å². The molecule has 0 saturated carbocycles. The van der Waals surface area contributed by atoms with Gasteiger partial charge >= 0.3 is 0 Å². The molecule has 8 nitrogen and oxygen atoms in total. The molecule has 10 heteroatoms. The number of rotatable bonds is 9. The van der Waals surface area contributed by atoms with E-state index < -0.39 is 0 Å². The highest BCUT2D eigenvalue weighted by Gasteiger charge is 2.19. The molecule has 0 fully saturated rings. The highest BCUT2D eigenvalue weighted by Crippen LogP contribution is 2.31. The molecule has 31 heavy (non-hydrogen) atoms. The van der Waals surface area contributed by atoms with E-state index in [-0.39, 0.29) is 0 Å². The summed E-state index contributed by atoms with van der Waals surface area (Å²) in [7, 11) is 3.71. The molecule has 0 atom stereocenters. The largest absolute Gasteiger partial charge is 0.405 e. The van der Waals surface area contributed by atoms with Crippen LogP contribution in [0.4, 0.5) is 5.00 Å². The summed E-state index contributed by atoms with van der Waals surface area (Å²) in [5.41, 5.74) is 15.9. The molecule has 0 amide bonds. The molecule has 0 aliphatic rings. The molecule has 0 radical (unpaired) electrons. The van der Waals surface area contributed by atoms with Crippen LogP contribution in [0.15, 0.2) is 34.7 Å². The van der Waals surface area contributed by atoms with E-state index in [4.69, 9.17) is 16.5 Å². The predicted octanol–water partition coefficient (Wildman–Crippen LogP) is 3.69. The van der Waals surface area contributed by atoms with Crippen LogP contribution in [-0.2, 0) is 20.0 Å². The number of aromatic nitrogens is 3. The van der Waals surface area contributed by atoms with Crippen LogP contribution < -0.4 is 11.5 Å². The lowest BCUT2D eigenvalue weighted by Gasteiger charge is -2.10. The molecular formula is C21H27N7OS2. The standard InChI is InChI=1S/C21H27N7OS2/c1-5-13(2)14(6-7-22)8-18-26-21-20(31-18)15(16(12-29)28(21)4)9-25-27(3)11-19-24-10-17(23)30-19/h6-7,9-10,12H,5,8,11,22-23H2,1-4H3/b7-6-,14-13+,25-9-. The van der Waals surface area contributed by atoms with Crippen LogP contribution >= 0.6 is 22.7 Å². The van der Waals surface area contributed by atoms with Crippen LogP contribution in [0.25, 0.3) is 10.3 Å². The van der Waals surface area contributed by atoms with Gasteiger partial charge in [-0.15, -0.1) is 11.3 Å². The van der Waals surface area contributed by atoms with Gasteiger partial charge in [-0.2, -0.15) is 5.10 Å². The first-order chi connectivity index (χ1) is 14.9. The number of carbonyl (C=O) groups is 1. The minimum Gasteiger partial charge on any atom is -0.405 e. The number of nitrogens with zero attached hydrogens (tertiary/aromatic N) is 5. The lowest BCUT2D eigenvalue weighted by molar-refractivity contribution is 0.111. The third-order valence-corrected chi connectivity index (χ3v) is 6.89. The van der Waals surface area contributed by atoms with Gasteiger partial charge in [-0.3, -0.25) is 9.80 Å². The third kappa shape index (κ3) is 5.02. The van der Waals surface area contributed by atoms with Crippen molar-refractivity contribution < 1.29 is 4.79 Å². The van der Waals surface area contributed by atoms with E-state index in [0.717, 1.165) is 44.2 Å². The topological polar surface area (TPSA) is 115 Å². The molecule has 3 aromatic rings. The summed E-state index contributed by atoms with van der Waals surface area (Å²) in [4.78, 5) is 20.8. The molecule has 0 spiro atoms. The van der Waals surface area contributed by atoms with E-state index in [1.807, 2.05) is 24.7 Å². The molecule has 0 aliphatic heterocycles. The first-order valence-electron chi connectivity index (χ1n) is 9.83. The molecule has 3 aromatic heterocycles. The van der Waals surface area contributed by atoms with Crippen molar-refractivity contribution in [3.05, 3.63) is 50.9 Å². The summed E-state index contributed by atoms with van der Waals surface area (Å²) >= 11 is 3.01. The van der Waals surface area contributed by atoms with Crippen molar-refractivity contribution in [2.75, 3.05) is 12.8 Å². The monoisotopic (exact) mass is 457 g/mol. The third-order valence-electron chi connectivity index (χ3n) is 5.00. The molecule has 3 heterocycles. The number of hydrogen-bond donors (Lipinski definition) is 2. The maximum Gasteiger partial charge on any atom is 0.167 e. The highest BCUT2D eigenvalue weighted by molar-refractivity contribution is 7.19. The summed E-state index contributed by atoms with van der Waals surface area (Å²) in [6, 6.07) is 0. The second-order valence-electron chi connectivity index (χ2n) is 7.15. The fraction of sp³-hybridized carbons (Fsp3) is 0.333. The molecule has 164 valence electrons. The molecule has 0 aromatic carbocycles. The van der Waals surface area contributed by atoms with Crippen LogP contribution in [0, 0.1) is 0 Å². The van der Waals surface area contributed by atoms with Gasteiger partial charge < -0.3 is 16.0 Å². The van der Waals surface area contributed by atoms with E-state index in [9.17, 15) is 4.79 Å². The van der Waals surface area contributed by atoms with E-state index in [1.165, 1.54) is 16.9 Å². The Morgan fingerprint density at radius 1 is 1.35 bits per heavy atom. The van der Waals surface area contributed by atoms with Gasteiger partial charge in [-0.1, -0.05) is 23.8 Å². The molecule has 0 saturated heterocycles. The maximum atomic E-state index is 11.8. The van der Waals surface area contributed by atoms with Gasteiger partial charge in [0, 0.05) is 26.1 Å². The van der Waals surface area contributed by atoms with Gasteiger partial charge in [0.2, 0.25) is 0 Å². The van der Waals surface area contributed by atoms with Crippen LogP contribution in [0.1, 0.15) is 46.3 Å². The zero-order chi connectivity index (χ0) is 22.5. The van der Waals surface area contributed by atoms with Crippen LogP contribution in [0.5, 0.6) is 0 Å². The van der Waals surface area contributed by atoms with Crippen molar-refractivity contribution in [2.45, 2.75) is 33.2 Å². The average Bonchev–Trinajstić information content (AvgIpc) is 3.41. The van der Waals surface area contributed by atoms with Crippen molar-refractivity contribution in [1.82, 2.24) is 19.5 Å². The van der Waals surface area contributed by atoms with Gasteiger partial charge in [-0.25, -0.2) is 9.97 Å². The number of allylic oxidation sites excluding steroid dienone is 3. The molecule has 4 N–H and O–H groups in total. The molecule has 0 bridgehead atoms. The Hall–Kier alpha value is -2.98. The number of aryl methyl sites for hydroxylation is 1. The van der Waals surface area contributed by atoms with Crippen LogP contribution in [0.2, 0.25) is 0 Å². The quantitative estimate of drug-likeness (QED) is 0.219. The van der Waals surface area contributed by atoms with Crippen molar-refractivity contribution in [2.24, 2.45) is 17.9 Å². The van der Waals surface area contributed by atoms with E-state index in [2.05, 4.69) is 23.9 Å².